The first-order chi connectivity index (χ1) is 9.95. The van der Waals surface area contributed by atoms with Gasteiger partial charge in [0.2, 0.25) is 0 Å². The molecule has 0 saturated heterocycles. The average Bonchev–Trinajstić information content (AvgIpc) is 2.46. The maximum Gasteiger partial charge on any atom is 0.254 e. The van der Waals surface area contributed by atoms with Crippen molar-refractivity contribution in [2.75, 3.05) is 33.0 Å². The van der Waals surface area contributed by atoms with Crippen LogP contribution in [0.3, 0.4) is 0 Å². The van der Waals surface area contributed by atoms with Crippen LogP contribution in [0.1, 0.15) is 36.5 Å². The van der Waals surface area contributed by atoms with Gasteiger partial charge in [0.1, 0.15) is 0 Å². The Hall–Kier alpha value is -1.26. The maximum absolute atomic E-state index is 11.9. The van der Waals surface area contributed by atoms with Crippen molar-refractivity contribution >= 4 is 23.2 Å². The quantitative estimate of drug-likeness (QED) is 0.724. The number of carbonyl (C=O) groups is 1. The standard InChI is InChI=1S/C16H26ClN3O/c1-12(18-2)7-5-6-10-19-13-8-9-14(15(17)11-13)16(21)20(3)4/h8-9,11-12,18-19H,5-7,10H2,1-4H3. The van der Waals surface area contributed by atoms with Crippen LogP contribution in [-0.2, 0) is 0 Å². The highest BCUT2D eigenvalue weighted by Crippen LogP contribution is 2.22. The van der Waals surface area contributed by atoms with Crippen molar-refractivity contribution in [2.45, 2.75) is 32.2 Å². The first-order valence-electron chi connectivity index (χ1n) is 7.38. The number of anilines is 1. The second-order valence-corrected chi connectivity index (χ2v) is 5.91. The number of nitrogens with zero attached hydrogens (tertiary/aromatic N) is 1. The summed E-state index contributed by atoms with van der Waals surface area (Å²) in [5.74, 6) is -0.0763. The van der Waals surface area contributed by atoms with Crippen molar-refractivity contribution in [1.82, 2.24) is 10.2 Å². The van der Waals surface area contributed by atoms with Gasteiger partial charge in [-0.25, -0.2) is 0 Å². The lowest BCUT2D eigenvalue weighted by atomic mass is 10.1. The molecule has 0 aliphatic rings. The summed E-state index contributed by atoms with van der Waals surface area (Å²) in [6, 6.07) is 6.06. The highest BCUT2D eigenvalue weighted by atomic mass is 35.5. The van der Waals surface area contributed by atoms with Gasteiger partial charge in [-0.3, -0.25) is 4.79 Å². The molecule has 0 saturated carbocycles. The molecule has 0 bridgehead atoms. The van der Waals surface area contributed by atoms with E-state index in [0.29, 0.717) is 16.6 Å². The summed E-state index contributed by atoms with van der Waals surface area (Å²) in [4.78, 5) is 13.4. The Morgan fingerprint density at radius 3 is 2.62 bits per heavy atom. The van der Waals surface area contributed by atoms with Crippen molar-refractivity contribution in [3.63, 3.8) is 0 Å². The molecule has 1 aromatic carbocycles. The zero-order valence-corrected chi connectivity index (χ0v) is 14.1. The summed E-state index contributed by atoms with van der Waals surface area (Å²) in [7, 11) is 5.43. The van der Waals surface area contributed by atoms with Crippen molar-refractivity contribution < 1.29 is 4.79 Å². The predicted octanol–water partition coefficient (Wildman–Crippen LogP) is 3.23. The number of amides is 1. The highest BCUT2D eigenvalue weighted by molar-refractivity contribution is 6.34. The molecule has 0 radical (unpaired) electrons. The minimum absolute atomic E-state index is 0.0763. The Morgan fingerprint density at radius 2 is 2.05 bits per heavy atom. The zero-order valence-electron chi connectivity index (χ0n) is 13.4. The van der Waals surface area contributed by atoms with Gasteiger partial charge in [0.25, 0.3) is 5.91 Å². The Labute approximate surface area is 132 Å². The lowest BCUT2D eigenvalue weighted by Gasteiger charge is -2.13. The van der Waals surface area contributed by atoms with Gasteiger partial charge in [0.05, 0.1) is 10.6 Å². The van der Waals surface area contributed by atoms with E-state index in [-0.39, 0.29) is 5.91 Å². The molecule has 21 heavy (non-hydrogen) atoms. The van der Waals surface area contributed by atoms with E-state index in [1.165, 1.54) is 17.7 Å². The number of hydrogen-bond acceptors (Lipinski definition) is 3. The van der Waals surface area contributed by atoms with E-state index >= 15 is 0 Å². The van der Waals surface area contributed by atoms with E-state index in [1.54, 1.807) is 20.2 Å². The summed E-state index contributed by atoms with van der Waals surface area (Å²) in [6.07, 6.45) is 3.47. The maximum atomic E-state index is 11.9. The molecule has 118 valence electrons. The molecule has 4 nitrogen and oxygen atoms in total. The summed E-state index contributed by atoms with van der Waals surface area (Å²) >= 11 is 6.17. The molecular formula is C16H26ClN3O. The molecule has 0 aliphatic carbocycles. The largest absolute Gasteiger partial charge is 0.385 e. The van der Waals surface area contributed by atoms with Crippen LogP contribution < -0.4 is 10.6 Å². The predicted molar refractivity (Wildman–Crippen MR) is 90.3 cm³/mol. The van der Waals surface area contributed by atoms with Crippen molar-refractivity contribution in [1.29, 1.82) is 0 Å². The van der Waals surface area contributed by atoms with Gasteiger partial charge in [-0.2, -0.15) is 0 Å². The molecule has 0 aliphatic heterocycles. The molecule has 2 N–H and O–H groups in total. The number of rotatable bonds is 8. The molecule has 1 rings (SSSR count). The molecule has 0 heterocycles. The van der Waals surface area contributed by atoms with Crippen LogP contribution in [0.25, 0.3) is 0 Å². The smallest absolute Gasteiger partial charge is 0.254 e. The summed E-state index contributed by atoms with van der Waals surface area (Å²) in [5.41, 5.74) is 1.49. The third-order valence-electron chi connectivity index (χ3n) is 3.49. The topological polar surface area (TPSA) is 44.4 Å². The second-order valence-electron chi connectivity index (χ2n) is 5.51. The third-order valence-corrected chi connectivity index (χ3v) is 3.80. The highest BCUT2D eigenvalue weighted by Gasteiger charge is 2.12. The van der Waals surface area contributed by atoms with Crippen LogP contribution in [0, 0.1) is 0 Å². The molecule has 0 aromatic heterocycles. The van der Waals surface area contributed by atoms with Gasteiger partial charge in [0, 0.05) is 32.4 Å². The van der Waals surface area contributed by atoms with Gasteiger partial charge >= 0.3 is 0 Å². The van der Waals surface area contributed by atoms with Gasteiger partial charge in [-0.15, -0.1) is 0 Å². The van der Waals surface area contributed by atoms with E-state index in [1.807, 2.05) is 19.2 Å². The average molecular weight is 312 g/mol. The summed E-state index contributed by atoms with van der Waals surface area (Å²) in [6.45, 7) is 3.10. The normalized spacial score (nSPS) is 12.0. The lowest BCUT2D eigenvalue weighted by molar-refractivity contribution is 0.0828. The zero-order chi connectivity index (χ0) is 15.8. The third kappa shape index (κ3) is 5.94. The molecule has 1 unspecified atom stereocenters. The van der Waals surface area contributed by atoms with Crippen LogP contribution >= 0.6 is 11.6 Å². The van der Waals surface area contributed by atoms with Gasteiger partial charge in [-0.1, -0.05) is 18.0 Å². The van der Waals surface area contributed by atoms with E-state index in [9.17, 15) is 4.79 Å². The summed E-state index contributed by atoms with van der Waals surface area (Å²) < 4.78 is 0. The molecule has 1 amide bonds. The minimum Gasteiger partial charge on any atom is -0.385 e. The lowest BCUT2D eigenvalue weighted by Crippen LogP contribution is -2.22. The Bertz CT molecular complexity index is 463. The fraction of sp³-hybridized carbons (Fsp3) is 0.562. The SMILES string of the molecule is CNC(C)CCCCNc1ccc(C(=O)N(C)C)c(Cl)c1. The number of halogens is 1. The number of unbranched alkanes of at least 4 members (excludes halogenated alkanes) is 1. The number of carbonyl (C=O) groups excluding carboxylic acids is 1. The van der Waals surface area contributed by atoms with Crippen LogP contribution in [0.5, 0.6) is 0 Å². The summed E-state index contributed by atoms with van der Waals surface area (Å²) in [5, 5.41) is 7.06. The van der Waals surface area contributed by atoms with Gasteiger partial charge < -0.3 is 15.5 Å². The molecular weight excluding hydrogens is 286 g/mol. The number of benzene rings is 1. The van der Waals surface area contributed by atoms with Crippen molar-refractivity contribution in [3.8, 4) is 0 Å². The van der Waals surface area contributed by atoms with E-state index in [2.05, 4.69) is 17.6 Å². The van der Waals surface area contributed by atoms with Crippen LogP contribution in [0.4, 0.5) is 5.69 Å². The first-order valence-corrected chi connectivity index (χ1v) is 7.75. The van der Waals surface area contributed by atoms with E-state index in [0.717, 1.165) is 18.7 Å². The first kappa shape index (κ1) is 17.8. The molecule has 1 atom stereocenters. The molecule has 5 heteroatoms. The monoisotopic (exact) mass is 311 g/mol. The van der Waals surface area contributed by atoms with E-state index in [4.69, 9.17) is 11.6 Å². The minimum atomic E-state index is -0.0763. The van der Waals surface area contributed by atoms with E-state index < -0.39 is 0 Å². The number of hydrogen-bond donors (Lipinski definition) is 2. The van der Waals surface area contributed by atoms with Crippen LogP contribution in [0.15, 0.2) is 18.2 Å². The van der Waals surface area contributed by atoms with Gasteiger partial charge in [0.15, 0.2) is 0 Å². The molecule has 0 fully saturated rings. The Kier molecular flexibility index (Phi) is 7.54. The van der Waals surface area contributed by atoms with Crippen molar-refractivity contribution in [3.05, 3.63) is 28.8 Å². The second kappa shape index (κ2) is 8.90. The Balaban J connectivity index is 2.44. The van der Waals surface area contributed by atoms with Gasteiger partial charge in [-0.05, 0) is 45.0 Å². The fourth-order valence-electron chi connectivity index (χ4n) is 1.99. The fourth-order valence-corrected chi connectivity index (χ4v) is 2.25. The van der Waals surface area contributed by atoms with Crippen LogP contribution in [0.2, 0.25) is 5.02 Å². The molecule has 1 aromatic rings. The van der Waals surface area contributed by atoms with Crippen molar-refractivity contribution in [2.24, 2.45) is 0 Å². The van der Waals surface area contributed by atoms with Crippen LogP contribution in [-0.4, -0.2) is 44.5 Å². The molecule has 0 spiro atoms. The number of nitrogens with one attached hydrogen (secondary N) is 2. The Morgan fingerprint density at radius 1 is 1.33 bits per heavy atom.